The van der Waals surface area contributed by atoms with Gasteiger partial charge in [-0.25, -0.2) is 9.18 Å². The second-order valence-corrected chi connectivity index (χ2v) is 6.03. The fourth-order valence-electron chi connectivity index (χ4n) is 3.07. The van der Waals surface area contributed by atoms with E-state index >= 15 is 0 Å². The summed E-state index contributed by atoms with van der Waals surface area (Å²) in [7, 11) is 0. The molecule has 0 spiro atoms. The number of aryl methyl sites for hydroxylation is 1. The zero-order valence-electron chi connectivity index (χ0n) is 13.8. The molecular weight excluding hydrogens is 327 g/mol. The Labute approximate surface area is 143 Å². The molecule has 2 heterocycles. The molecule has 1 fully saturated rings. The Bertz CT molecular complexity index is 874. The van der Waals surface area contributed by atoms with Gasteiger partial charge in [-0.05, 0) is 24.6 Å². The van der Waals surface area contributed by atoms with Crippen LogP contribution in [0, 0.1) is 12.7 Å². The number of piperazine rings is 1. The maximum absolute atomic E-state index is 13.5. The van der Waals surface area contributed by atoms with E-state index in [2.05, 4.69) is 10.3 Å². The molecule has 0 saturated carbocycles. The van der Waals surface area contributed by atoms with E-state index in [1.54, 1.807) is 19.1 Å². The molecule has 0 bridgehead atoms. The van der Waals surface area contributed by atoms with Crippen molar-refractivity contribution in [3.63, 3.8) is 0 Å². The second-order valence-electron chi connectivity index (χ2n) is 6.03. The van der Waals surface area contributed by atoms with Gasteiger partial charge in [0.15, 0.2) is 0 Å². The van der Waals surface area contributed by atoms with Crippen LogP contribution in [0.3, 0.4) is 0 Å². The summed E-state index contributed by atoms with van der Waals surface area (Å²) in [5.41, 5.74) is 0.183. The predicted molar refractivity (Wildman–Crippen MR) is 89.8 cm³/mol. The summed E-state index contributed by atoms with van der Waals surface area (Å²) in [5, 5.41) is 2.77. The maximum Gasteiger partial charge on any atom is 0.328 e. The largest absolute Gasteiger partial charge is 0.353 e. The van der Waals surface area contributed by atoms with Gasteiger partial charge in [0.05, 0.1) is 0 Å². The average Bonchev–Trinajstić information content (AvgIpc) is 2.54. The Morgan fingerprint density at radius 2 is 2.00 bits per heavy atom. The highest BCUT2D eigenvalue weighted by molar-refractivity contribution is 5.83. The molecule has 1 aromatic heterocycles. The summed E-state index contributed by atoms with van der Waals surface area (Å²) in [6.07, 6.45) is 0. The van der Waals surface area contributed by atoms with Crippen LogP contribution in [0.15, 0.2) is 39.9 Å². The molecule has 0 aliphatic carbocycles. The SMILES string of the molecule is Cc1cc(=O)n(CCN2CCNC(=O)[C@@H]2c2cccc(F)c2)c(=O)[nH]1. The van der Waals surface area contributed by atoms with E-state index in [0.29, 0.717) is 30.9 Å². The van der Waals surface area contributed by atoms with E-state index in [1.807, 2.05) is 4.90 Å². The lowest BCUT2D eigenvalue weighted by atomic mass is 10.0. The molecule has 132 valence electrons. The third kappa shape index (κ3) is 3.69. The first kappa shape index (κ1) is 17.1. The zero-order chi connectivity index (χ0) is 18.0. The van der Waals surface area contributed by atoms with Crippen molar-refractivity contribution in [1.82, 2.24) is 19.8 Å². The molecule has 7 nitrogen and oxygen atoms in total. The molecule has 1 atom stereocenters. The second kappa shape index (κ2) is 7.02. The topological polar surface area (TPSA) is 87.2 Å². The standard InChI is InChI=1S/C17H19FN4O3/c1-11-9-14(23)22(17(25)20-11)8-7-21-6-5-19-16(24)15(21)12-3-2-4-13(18)10-12/h2-4,9-10,15H,5-8H2,1H3,(H,19,24)(H,20,25)/t15-/m0/s1. The fourth-order valence-corrected chi connectivity index (χ4v) is 3.07. The lowest BCUT2D eigenvalue weighted by Gasteiger charge is -2.35. The summed E-state index contributed by atoms with van der Waals surface area (Å²) < 4.78 is 14.6. The summed E-state index contributed by atoms with van der Waals surface area (Å²) in [6.45, 7) is 3.12. The summed E-state index contributed by atoms with van der Waals surface area (Å²) in [4.78, 5) is 40.7. The number of halogens is 1. The normalized spacial score (nSPS) is 18.2. The number of rotatable bonds is 4. The van der Waals surface area contributed by atoms with E-state index < -0.39 is 17.5 Å². The minimum absolute atomic E-state index is 0.146. The van der Waals surface area contributed by atoms with Gasteiger partial charge in [0.2, 0.25) is 5.91 Å². The third-order valence-electron chi connectivity index (χ3n) is 4.24. The van der Waals surface area contributed by atoms with E-state index in [-0.39, 0.29) is 18.0 Å². The van der Waals surface area contributed by atoms with Crippen LogP contribution in [0.25, 0.3) is 0 Å². The first-order valence-electron chi connectivity index (χ1n) is 8.04. The van der Waals surface area contributed by atoms with Crippen molar-refractivity contribution in [2.75, 3.05) is 19.6 Å². The van der Waals surface area contributed by atoms with Crippen LogP contribution in [0.5, 0.6) is 0 Å². The molecule has 0 radical (unpaired) electrons. The van der Waals surface area contributed by atoms with Crippen LogP contribution in [0.2, 0.25) is 0 Å². The maximum atomic E-state index is 13.5. The van der Waals surface area contributed by atoms with Gasteiger partial charge in [0.1, 0.15) is 11.9 Å². The molecule has 3 rings (SSSR count). The van der Waals surface area contributed by atoms with Gasteiger partial charge in [0, 0.05) is 37.9 Å². The Kier molecular flexibility index (Phi) is 4.80. The number of benzene rings is 1. The molecule has 1 aliphatic heterocycles. The molecule has 25 heavy (non-hydrogen) atoms. The van der Waals surface area contributed by atoms with Gasteiger partial charge in [-0.15, -0.1) is 0 Å². The van der Waals surface area contributed by atoms with Crippen LogP contribution in [0.4, 0.5) is 4.39 Å². The highest BCUT2D eigenvalue weighted by Crippen LogP contribution is 2.23. The van der Waals surface area contributed by atoms with E-state index in [9.17, 15) is 18.8 Å². The van der Waals surface area contributed by atoms with Crippen molar-refractivity contribution in [1.29, 1.82) is 0 Å². The number of aromatic nitrogens is 2. The molecule has 1 saturated heterocycles. The fraction of sp³-hybridized carbons (Fsp3) is 0.353. The van der Waals surface area contributed by atoms with E-state index in [1.165, 1.54) is 18.2 Å². The monoisotopic (exact) mass is 346 g/mol. The molecule has 2 N–H and O–H groups in total. The van der Waals surface area contributed by atoms with Crippen LogP contribution in [-0.2, 0) is 11.3 Å². The molecule has 1 aromatic carbocycles. The number of hydrogen-bond acceptors (Lipinski definition) is 4. The van der Waals surface area contributed by atoms with Crippen LogP contribution < -0.4 is 16.6 Å². The van der Waals surface area contributed by atoms with Crippen LogP contribution >= 0.6 is 0 Å². The Morgan fingerprint density at radius 1 is 1.20 bits per heavy atom. The minimum atomic E-state index is -0.648. The minimum Gasteiger partial charge on any atom is -0.353 e. The number of nitrogens with zero attached hydrogens (tertiary/aromatic N) is 2. The molecule has 1 aliphatic rings. The summed E-state index contributed by atoms with van der Waals surface area (Å²) in [6, 6.07) is 6.60. The number of aromatic amines is 1. The molecule has 2 aromatic rings. The number of carbonyl (C=O) groups is 1. The first-order chi connectivity index (χ1) is 12.0. The lowest BCUT2D eigenvalue weighted by molar-refractivity contribution is -0.129. The molecule has 1 amide bonds. The lowest BCUT2D eigenvalue weighted by Crippen LogP contribution is -2.51. The van der Waals surface area contributed by atoms with Gasteiger partial charge in [0.25, 0.3) is 5.56 Å². The van der Waals surface area contributed by atoms with E-state index in [0.717, 1.165) is 4.57 Å². The predicted octanol–water partition coefficient (Wildman–Crippen LogP) is 0.157. The van der Waals surface area contributed by atoms with Crippen LogP contribution in [-0.4, -0.2) is 40.0 Å². The van der Waals surface area contributed by atoms with Crippen molar-refractivity contribution < 1.29 is 9.18 Å². The highest BCUT2D eigenvalue weighted by Gasteiger charge is 2.31. The number of amides is 1. The Balaban J connectivity index is 1.84. The number of carbonyl (C=O) groups excluding carboxylic acids is 1. The number of H-pyrrole nitrogens is 1. The molecule has 8 heteroatoms. The van der Waals surface area contributed by atoms with Gasteiger partial charge in [-0.3, -0.25) is 19.1 Å². The number of hydrogen-bond donors (Lipinski definition) is 2. The van der Waals surface area contributed by atoms with Gasteiger partial charge >= 0.3 is 5.69 Å². The van der Waals surface area contributed by atoms with Gasteiger partial charge in [-0.2, -0.15) is 0 Å². The van der Waals surface area contributed by atoms with Crippen molar-refractivity contribution >= 4 is 5.91 Å². The zero-order valence-corrected chi connectivity index (χ0v) is 13.8. The Hall–Kier alpha value is -2.74. The van der Waals surface area contributed by atoms with Crippen molar-refractivity contribution in [2.45, 2.75) is 19.5 Å². The number of nitrogens with one attached hydrogen (secondary N) is 2. The summed E-state index contributed by atoms with van der Waals surface area (Å²) in [5.74, 6) is -0.635. The van der Waals surface area contributed by atoms with Crippen LogP contribution in [0.1, 0.15) is 17.3 Å². The third-order valence-corrected chi connectivity index (χ3v) is 4.24. The van der Waals surface area contributed by atoms with Crippen molar-refractivity contribution in [3.05, 3.63) is 68.2 Å². The quantitative estimate of drug-likeness (QED) is 0.825. The average molecular weight is 346 g/mol. The highest BCUT2D eigenvalue weighted by atomic mass is 19.1. The van der Waals surface area contributed by atoms with Gasteiger partial charge < -0.3 is 10.3 Å². The first-order valence-corrected chi connectivity index (χ1v) is 8.04. The Morgan fingerprint density at radius 3 is 2.72 bits per heavy atom. The molecule has 0 unspecified atom stereocenters. The van der Waals surface area contributed by atoms with Crippen molar-refractivity contribution in [3.8, 4) is 0 Å². The summed E-state index contributed by atoms with van der Waals surface area (Å²) >= 11 is 0. The molecular formula is C17H19FN4O3. The van der Waals surface area contributed by atoms with Gasteiger partial charge in [-0.1, -0.05) is 12.1 Å². The van der Waals surface area contributed by atoms with Crippen molar-refractivity contribution in [2.24, 2.45) is 0 Å². The van der Waals surface area contributed by atoms with E-state index in [4.69, 9.17) is 0 Å². The smallest absolute Gasteiger partial charge is 0.328 e.